The average molecular weight is 333 g/mol. The number of carbonyl (C=O) groups excluding carboxylic acids is 1. The first-order valence-corrected chi connectivity index (χ1v) is 8.70. The van der Waals surface area contributed by atoms with E-state index in [1.807, 2.05) is 54.6 Å². The Hall–Kier alpha value is -2.65. The molecule has 0 saturated carbocycles. The Morgan fingerprint density at radius 2 is 1.64 bits per heavy atom. The molecule has 3 rings (SSSR count). The van der Waals surface area contributed by atoms with Crippen molar-refractivity contribution in [3.8, 4) is 0 Å². The second kappa shape index (κ2) is 8.45. The molecule has 1 amide bonds. The maximum atomic E-state index is 12.6. The van der Waals surface area contributed by atoms with E-state index in [1.54, 1.807) is 0 Å². The van der Waals surface area contributed by atoms with Crippen LogP contribution in [0.15, 0.2) is 72.8 Å². The first-order valence-electron chi connectivity index (χ1n) is 8.70. The normalized spacial score (nSPS) is 12.0. The third kappa shape index (κ3) is 4.46. The van der Waals surface area contributed by atoms with Crippen LogP contribution in [0.1, 0.15) is 30.0 Å². The molecular formula is C22H23NO2. The van der Waals surface area contributed by atoms with E-state index in [0.717, 1.165) is 28.3 Å². The summed E-state index contributed by atoms with van der Waals surface area (Å²) in [5.74, 6) is 0.00291. The molecule has 0 spiro atoms. The van der Waals surface area contributed by atoms with Crippen molar-refractivity contribution in [3.05, 3.63) is 83.9 Å². The lowest BCUT2D eigenvalue weighted by molar-refractivity contribution is -0.121. The van der Waals surface area contributed by atoms with Gasteiger partial charge in [0.05, 0.1) is 12.5 Å². The minimum absolute atomic E-state index is 0.00291. The summed E-state index contributed by atoms with van der Waals surface area (Å²) in [6, 6.07) is 24.0. The highest BCUT2D eigenvalue weighted by molar-refractivity contribution is 5.90. The summed E-state index contributed by atoms with van der Waals surface area (Å²) in [5, 5.41) is 14.5. The van der Waals surface area contributed by atoms with Gasteiger partial charge in [-0.1, -0.05) is 72.8 Å². The molecular weight excluding hydrogens is 310 g/mol. The smallest absolute Gasteiger partial charge is 0.224 e. The van der Waals surface area contributed by atoms with Crippen LogP contribution in [0.2, 0.25) is 0 Å². The second-order valence-electron chi connectivity index (χ2n) is 6.21. The SMILES string of the molecule is O=C(Cc1cccc2ccccc12)NC(CCCO)c1ccccc1. The van der Waals surface area contributed by atoms with E-state index in [9.17, 15) is 4.79 Å². The highest BCUT2D eigenvalue weighted by atomic mass is 16.3. The standard InChI is InChI=1S/C22H23NO2/c24-15-7-14-21(18-9-2-1-3-10-18)23-22(25)16-19-12-6-11-17-8-4-5-13-20(17)19/h1-6,8-13,21,24H,7,14-16H2,(H,23,25). The fourth-order valence-corrected chi connectivity index (χ4v) is 3.17. The summed E-state index contributed by atoms with van der Waals surface area (Å²) in [6.45, 7) is 0.128. The summed E-state index contributed by atoms with van der Waals surface area (Å²) in [5.41, 5.74) is 2.10. The molecule has 0 saturated heterocycles. The highest BCUT2D eigenvalue weighted by Gasteiger charge is 2.15. The first-order chi connectivity index (χ1) is 12.3. The Morgan fingerprint density at radius 1 is 0.920 bits per heavy atom. The van der Waals surface area contributed by atoms with E-state index in [0.29, 0.717) is 12.8 Å². The largest absolute Gasteiger partial charge is 0.396 e. The van der Waals surface area contributed by atoms with Gasteiger partial charge in [0.15, 0.2) is 0 Å². The van der Waals surface area contributed by atoms with Gasteiger partial charge in [0.2, 0.25) is 5.91 Å². The van der Waals surface area contributed by atoms with Crippen LogP contribution in [0, 0.1) is 0 Å². The molecule has 3 nitrogen and oxygen atoms in total. The molecule has 0 aliphatic carbocycles. The molecule has 0 aliphatic rings. The molecule has 0 heterocycles. The van der Waals surface area contributed by atoms with Gasteiger partial charge in [-0.15, -0.1) is 0 Å². The monoisotopic (exact) mass is 333 g/mol. The van der Waals surface area contributed by atoms with E-state index in [-0.39, 0.29) is 18.6 Å². The number of aliphatic hydroxyl groups excluding tert-OH is 1. The van der Waals surface area contributed by atoms with Gasteiger partial charge in [0.25, 0.3) is 0 Å². The number of amides is 1. The molecule has 2 N–H and O–H groups in total. The molecule has 0 fully saturated rings. The van der Waals surface area contributed by atoms with Crippen molar-refractivity contribution in [1.29, 1.82) is 0 Å². The number of nitrogens with one attached hydrogen (secondary N) is 1. The number of rotatable bonds is 7. The van der Waals surface area contributed by atoms with Crippen molar-refractivity contribution in [2.45, 2.75) is 25.3 Å². The summed E-state index contributed by atoms with van der Waals surface area (Å²) < 4.78 is 0. The van der Waals surface area contributed by atoms with Crippen LogP contribution >= 0.6 is 0 Å². The van der Waals surface area contributed by atoms with Gasteiger partial charge in [0.1, 0.15) is 0 Å². The van der Waals surface area contributed by atoms with Gasteiger partial charge < -0.3 is 10.4 Å². The quantitative estimate of drug-likeness (QED) is 0.686. The van der Waals surface area contributed by atoms with Gasteiger partial charge in [-0.25, -0.2) is 0 Å². The average Bonchev–Trinajstić information content (AvgIpc) is 2.66. The Morgan fingerprint density at radius 3 is 2.44 bits per heavy atom. The molecule has 0 aromatic heterocycles. The predicted octanol–water partition coefficient (Wildman–Crippen LogP) is 4.01. The number of fused-ring (bicyclic) bond motifs is 1. The maximum absolute atomic E-state index is 12.6. The van der Waals surface area contributed by atoms with Crippen LogP contribution in [0.5, 0.6) is 0 Å². The van der Waals surface area contributed by atoms with Crippen molar-refractivity contribution in [2.75, 3.05) is 6.61 Å². The summed E-state index contributed by atoms with van der Waals surface area (Å²) in [6.07, 6.45) is 1.74. The van der Waals surface area contributed by atoms with Crippen LogP contribution in [0.25, 0.3) is 10.8 Å². The topological polar surface area (TPSA) is 49.3 Å². The molecule has 1 atom stereocenters. The lowest BCUT2D eigenvalue weighted by Crippen LogP contribution is -2.30. The van der Waals surface area contributed by atoms with Crippen LogP contribution in [0.4, 0.5) is 0 Å². The highest BCUT2D eigenvalue weighted by Crippen LogP contribution is 2.21. The molecule has 3 heteroatoms. The lowest BCUT2D eigenvalue weighted by atomic mass is 10.00. The number of hydrogen-bond acceptors (Lipinski definition) is 2. The zero-order valence-electron chi connectivity index (χ0n) is 14.2. The van der Waals surface area contributed by atoms with Crippen molar-refractivity contribution in [1.82, 2.24) is 5.32 Å². The summed E-state index contributed by atoms with van der Waals surface area (Å²) in [7, 11) is 0. The third-order valence-corrected chi connectivity index (χ3v) is 4.42. The Bertz CT molecular complexity index is 824. The third-order valence-electron chi connectivity index (χ3n) is 4.42. The Balaban J connectivity index is 1.75. The number of carbonyl (C=O) groups is 1. The molecule has 0 radical (unpaired) electrons. The molecule has 1 unspecified atom stereocenters. The van der Waals surface area contributed by atoms with Crippen LogP contribution in [0.3, 0.4) is 0 Å². The zero-order valence-corrected chi connectivity index (χ0v) is 14.2. The lowest BCUT2D eigenvalue weighted by Gasteiger charge is -2.19. The molecule has 0 aliphatic heterocycles. The molecule has 128 valence electrons. The number of benzene rings is 3. The van der Waals surface area contributed by atoms with Crippen molar-refractivity contribution in [2.24, 2.45) is 0 Å². The zero-order chi connectivity index (χ0) is 17.5. The minimum Gasteiger partial charge on any atom is -0.396 e. The molecule has 0 bridgehead atoms. The fourth-order valence-electron chi connectivity index (χ4n) is 3.17. The first kappa shape index (κ1) is 17.2. The maximum Gasteiger partial charge on any atom is 0.224 e. The fraction of sp³-hybridized carbons (Fsp3) is 0.227. The van der Waals surface area contributed by atoms with Gasteiger partial charge in [-0.3, -0.25) is 4.79 Å². The van der Waals surface area contributed by atoms with Crippen molar-refractivity contribution in [3.63, 3.8) is 0 Å². The number of hydrogen-bond donors (Lipinski definition) is 2. The summed E-state index contributed by atoms with van der Waals surface area (Å²) in [4.78, 5) is 12.6. The van der Waals surface area contributed by atoms with E-state index in [1.165, 1.54) is 0 Å². The minimum atomic E-state index is -0.0733. The van der Waals surface area contributed by atoms with Gasteiger partial charge in [0, 0.05) is 6.61 Å². The number of aliphatic hydroxyl groups is 1. The molecule has 3 aromatic rings. The predicted molar refractivity (Wildman–Crippen MR) is 101 cm³/mol. The van der Waals surface area contributed by atoms with Gasteiger partial charge in [-0.05, 0) is 34.7 Å². The second-order valence-corrected chi connectivity index (χ2v) is 6.21. The van der Waals surface area contributed by atoms with Crippen molar-refractivity contribution < 1.29 is 9.90 Å². The molecule has 3 aromatic carbocycles. The van der Waals surface area contributed by atoms with E-state index >= 15 is 0 Å². The Labute approximate surface area is 148 Å². The van der Waals surface area contributed by atoms with Gasteiger partial charge >= 0.3 is 0 Å². The van der Waals surface area contributed by atoms with Crippen LogP contribution in [-0.2, 0) is 11.2 Å². The Kier molecular flexibility index (Phi) is 5.81. The van der Waals surface area contributed by atoms with Crippen LogP contribution < -0.4 is 5.32 Å². The van der Waals surface area contributed by atoms with E-state index < -0.39 is 0 Å². The van der Waals surface area contributed by atoms with Gasteiger partial charge in [-0.2, -0.15) is 0 Å². The van der Waals surface area contributed by atoms with Crippen LogP contribution in [-0.4, -0.2) is 17.6 Å². The van der Waals surface area contributed by atoms with E-state index in [2.05, 4.69) is 23.5 Å². The summed E-state index contributed by atoms with van der Waals surface area (Å²) >= 11 is 0. The van der Waals surface area contributed by atoms with E-state index in [4.69, 9.17) is 5.11 Å². The van der Waals surface area contributed by atoms with Crippen molar-refractivity contribution >= 4 is 16.7 Å². The molecule has 25 heavy (non-hydrogen) atoms.